The van der Waals surface area contributed by atoms with E-state index in [0.717, 1.165) is 53.4 Å². The Morgan fingerprint density at radius 2 is 1.76 bits per heavy atom. The van der Waals surface area contributed by atoms with Crippen molar-refractivity contribution < 1.29 is 4.79 Å². The third-order valence-corrected chi connectivity index (χ3v) is 6.54. The molecule has 1 saturated carbocycles. The minimum Gasteiger partial charge on any atom is -0.337 e. The Bertz CT molecular complexity index is 1290. The maximum atomic E-state index is 13.4. The summed E-state index contributed by atoms with van der Waals surface area (Å²) in [6, 6.07) is 15.0. The zero-order valence-corrected chi connectivity index (χ0v) is 19.5. The van der Waals surface area contributed by atoms with Crippen LogP contribution < -0.4 is 11.2 Å². The fraction of sp³-hybridized carbons (Fsp3) is 0.385. The number of benzene rings is 2. The topological polar surface area (TPSA) is 77.2 Å². The van der Waals surface area contributed by atoms with E-state index in [2.05, 4.69) is 5.10 Å². The summed E-state index contributed by atoms with van der Waals surface area (Å²) in [6.45, 7) is 3.93. The number of nitrogens with zero attached hydrogens (tertiary/aromatic N) is 4. The summed E-state index contributed by atoms with van der Waals surface area (Å²) >= 11 is 0. The van der Waals surface area contributed by atoms with Gasteiger partial charge in [-0.1, -0.05) is 55.7 Å². The molecule has 3 aromatic rings. The molecule has 1 heterocycles. The van der Waals surface area contributed by atoms with Crippen LogP contribution in [0.1, 0.15) is 59.3 Å². The van der Waals surface area contributed by atoms with Gasteiger partial charge < -0.3 is 4.90 Å². The molecule has 0 bridgehead atoms. The molecule has 1 amide bonds. The molecule has 1 aromatic heterocycles. The second-order valence-electron chi connectivity index (χ2n) is 8.91. The summed E-state index contributed by atoms with van der Waals surface area (Å²) < 4.78 is 2.30. The third-order valence-electron chi connectivity index (χ3n) is 6.54. The monoisotopic (exact) mass is 446 g/mol. The van der Waals surface area contributed by atoms with Crippen LogP contribution in [0.2, 0.25) is 0 Å². The normalized spacial score (nSPS) is 14.3. The largest absolute Gasteiger partial charge is 0.352 e. The predicted molar refractivity (Wildman–Crippen MR) is 128 cm³/mol. The van der Waals surface area contributed by atoms with Gasteiger partial charge in [-0.15, -0.1) is 0 Å². The predicted octanol–water partition coefficient (Wildman–Crippen LogP) is 3.46. The smallest absolute Gasteiger partial charge is 0.337 e. The molecule has 7 heteroatoms. The molecule has 0 N–H and O–H groups in total. The SMILES string of the molecule is Cc1cccc(-n2nc(C(=O)N(C)C3CCCCC3)c(=O)n(Cc3ccccc3C)c2=O)c1. The Kier molecular flexibility index (Phi) is 6.58. The molecule has 172 valence electrons. The zero-order valence-electron chi connectivity index (χ0n) is 19.5. The van der Waals surface area contributed by atoms with Crippen molar-refractivity contribution >= 4 is 5.91 Å². The van der Waals surface area contributed by atoms with E-state index in [0.29, 0.717) is 5.69 Å². The molecule has 1 aliphatic carbocycles. The second-order valence-corrected chi connectivity index (χ2v) is 8.91. The van der Waals surface area contributed by atoms with Crippen molar-refractivity contribution in [3.8, 4) is 5.69 Å². The molecule has 0 atom stereocenters. The quantitative estimate of drug-likeness (QED) is 0.601. The molecular formula is C26H30N4O3. The number of rotatable bonds is 5. The molecular weight excluding hydrogens is 416 g/mol. The highest BCUT2D eigenvalue weighted by Gasteiger charge is 2.28. The van der Waals surface area contributed by atoms with Crippen molar-refractivity contribution in [1.29, 1.82) is 0 Å². The van der Waals surface area contributed by atoms with E-state index >= 15 is 0 Å². The van der Waals surface area contributed by atoms with Gasteiger partial charge >= 0.3 is 5.69 Å². The minimum absolute atomic E-state index is 0.0755. The van der Waals surface area contributed by atoms with E-state index in [-0.39, 0.29) is 18.3 Å². The van der Waals surface area contributed by atoms with Crippen LogP contribution in [0.4, 0.5) is 0 Å². The van der Waals surface area contributed by atoms with E-state index < -0.39 is 17.2 Å². The van der Waals surface area contributed by atoms with Crippen molar-refractivity contribution in [2.24, 2.45) is 0 Å². The van der Waals surface area contributed by atoms with Gasteiger partial charge in [-0.3, -0.25) is 14.2 Å². The molecule has 33 heavy (non-hydrogen) atoms. The molecule has 0 radical (unpaired) electrons. The van der Waals surface area contributed by atoms with Gasteiger partial charge in [-0.2, -0.15) is 9.78 Å². The number of hydrogen-bond acceptors (Lipinski definition) is 4. The molecule has 4 rings (SSSR count). The van der Waals surface area contributed by atoms with Crippen LogP contribution in [-0.4, -0.2) is 38.2 Å². The van der Waals surface area contributed by atoms with Gasteiger partial charge in [0.05, 0.1) is 12.2 Å². The van der Waals surface area contributed by atoms with E-state index in [9.17, 15) is 14.4 Å². The van der Waals surface area contributed by atoms with Gasteiger partial charge in [0, 0.05) is 13.1 Å². The minimum atomic E-state index is -0.653. The average Bonchev–Trinajstić information content (AvgIpc) is 2.82. The molecule has 2 aromatic carbocycles. The van der Waals surface area contributed by atoms with E-state index in [1.165, 1.54) is 4.68 Å². The molecule has 0 saturated heterocycles. The van der Waals surface area contributed by atoms with Gasteiger partial charge in [0.2, 0.25) is 5.69 Å². The molecule has 1 aliphatic rings. The first-order valence-corrected chi connectivity index (χ1v) is 11.5. The van der Waals surface area contributed by atoms with Gasteiger partial charge in [-0.25, -0.2) is 4.79 Å². The lowest BCUT2D eigenvalue weighted by molar-refractivity contribution is 0.0684. The Morgan fingerprint density at radius 1 is 1.03 bits per heavy atom. The summed E-state index contributed by atoms with van der Waals surface area (Å²) in [4.78, 5) is 41.9. The van der Waals surface area contributed by atoms with Crippen LogP contribution in [0, 0.1) is 13.8 Å². The Balaban J connectivity index is 1.86. The molecule has 7 nitrogen and oxygen atoms in total. The lowest BCUT2D eigenvalue weighted by Crippen LogP contribution is -2.48. The van der Waals surface area contributed by atoms with Crippen LogP contribution >= 0.6 is 0 Å². The lowest BCUT2D eigenvalue weighted by atomic mass is 9.94. The van der Waals surface area contributed by atoms with Gasteiger partial charge in [0.25, 0.3) is 11.5 Å². The van der Waals surface area contributed by atoms with Crippen molar-refractivity contribution in [3.05, 3.63) is 91.8 Å². The van der Waals surface area contributed by atoms with Crippen molar-refractivity contribution in [3.63, 3.8) is 0 Å². The Labute approximate surface area is 193 Å². The van der Waals surface area contributed by atoms with Crippen molar-refractivity contribution in [2.45, 2.75) is 58.5 Å². The summed E-state index contributed by atoms with van der Waals surface area (Å²) in [5.74, 6) is -0.438. The summed E-state index contributed by atoms with van der Waals surface area (Å²) in [5.41, 5.74) is 1.84. The lowest BCUT2D eigenvalue weighted by Gasteiger charge is -2.30. The highest BCUT2D eigenvalue weighted by atomic mass is 16.2. The maximum Gasteiger partial charge on any atom is 0.352 e. The zero-order chi connectivity index (χ0) is 23.5. The molecule has 1 fully saturated rings. The summed E-state index contributed by atoms with van der Waals surface area (Å²) in [7, 11) is 1.73. The number of hydrogen-bond donors (Lipinski definition) is 0. The van der Waals surface area contributed by atoms with E-state index in [4.69, 9.17) is 0 Å². The van der Waals surface area contributed by atoms with Crippen LogP contribution in [-0.2, 0) is 6.54 Å². The van der Waals surface area contributed by atoms with Gasteiger partial charge in [-0.05, 0) is 55.5 Å². The highest BCUT2D eigenvalue weighted by Crippen LogP contribution is 2.22. The van der Waals surface area contributed by atoms with Crippen LogP contribution in [0.3, 0.4) is 0 Å². The number of carbonyl (C=O) groups is 1. The molecule has 0 spiro atoms. The van der Waals surface area contributed by atoms with E-state index in [1.807, 2.05) is 56.3 Å². The summed E-state index contributed by atoms with van der Waals surface area (Å²) in [6.07, 6.45) is 5.12. The second kappa shape index (κ2) is 9.57. The van der Waals surface area contributed by atoms with E-state index in [1.54, 1.807) is 18.0 Å². The fourth-order valence-corrected chi connectivity index (χ4v) is 4.48. The average molecular weight is 447 g/mol. The Hall–Kier alpha value is -3.48. The van der Waals surface area contributed by atoms with Gasteiger partial charge in [0.15, 0.2) is 0 Å². The molecule has 0 aliphatic heterocycles. The first kappa shape index (κ1) is 22.7. The Morgan fingerprint density at radius 3 is 2.45 bits per heavy atom. The first-order chi connectivity index (χ1) is 15.9. The van der Waals surface area contributed by atoms with Crippen LogP contribution in [0.25, 0.3) is 5.69 Å². The first-order valence-electron chi connectivity index (χ1n) is 11.5. The fourth-order valence-electron chi connectivity index (χ4n) is 4.48. The summed E-state index contributed by atoms with van der Waals surface area (Å²) in [5, 5.41) is 4.30. The number of amides is 1. The highest BCUT2D eigenvalue weighted by molar-refractivity contribution is 5.91. The molecule has 0 unspecified atom stereocenters. The maximum absolute atomic E-state index is 13.4. The number of aryl methyl sites for hydroxylation is 2. The van der Waals surface area contributed by atoms with Crippen molar-refractivity contribution in [2.75, 3.05) is 7.05 Å². The van der Waals surface area contributed by atoms with Crippen LogP contribution in [0.5, 0.6) is 0 Å². The number of carbonyl (C=O) groups excluding carboxylic acids is 1. The standard InChI is InChI=1S/C26H30N4O3/c1-18-10-9-15-22(16-18)30-26(33)29(17-20-12-8-7-11-19(20)2)25(32)23(27-30)24(31)28(3)21-13-5-4-6-14-21/h7-12,15-16,21H,4-6,13-14,17H2,1-3H3. The number of aromatic nitrogens is 3. The third kappa shape index (κ3) is 4.67. The van der Waals surface area contributed by atoms with Gasteiger partial charge in [0.1, 0.15) is 0 Å². The van der Waals surface area contributed by atoms with Crippen LogP contribution in [0.15, 0.2) is 58.1 Å². The van der Waals surface area contributed by atoms with Crippen molar-refractivity contribution in [1.82, 2.24) is 19.2 Å².